The third-order valence-corrected chi connectivity index (χ3v) is 7.71. The minimum absolute atomic E-state index is 0.185. The number of ether oxygens (including phenoxy) is 4. The van der Waals surface area contributed by atoms with Gasteiger partial charge in [0.15, 0.2) is 0 Å². The van der Waals surface area contributed by atoms with E-state index in [1.54, 1.807) is 27.3 Å². The molecule has 45 heavy (non-hydrogen) atoms. The number of rotatable bonds is 13. The quantitative estimate of drug-likeness (QED) is 0.0706. The van der Waals surface area contributed by atoms with Crippen LogP contribution in [0.25, 0.3) is 10.4 Å². The van der Waals surface area contributed by atoms with Gasteiger partial charge in [-0.15, -0.1) is 0 Å². The Bertz CT molecular complexity index is 1680. The molecule has 4 aromatic rings. The van der Waals surface area contributed by atoms with Gasteiger partial charge in [-0.25, -0.2) is 4.79 Å². The first-order valence-electron chi connectivity index (χ1n) is 14.9. The first kappa shape index (κ1) is 30.2. The molecule has 0 amide bonds. The maximum Gasteiger partial charge on any atom is 0.351 e. The average Bonchev–Trinajstić information content (AvgIpc) is 3.39. The van der Waals surface area contributed by atoms with Gasteiger partial charge in [-0.3, -0.25) is 4.57 Å². The first-order valence-corrected chi connectivity index (χ1v) is 14.4. The van der Waals surface area contributed by atoms with Crippen LogP contribution in [0.15, 0.2) is 95.0 Å². The number of hydrogen-bond donors (Lipinski definition) is 2. The van der Waals surface area contributed by atoms with Gasteiger partial charge in [-0.05, 0) is 53.4 Å². The second-order valence-electron chi connectivity index (χ2n) is 10.4. The zero-order valence-corrected chi connectivity index (χ0v) is 25.3. The molecule has 5 rings (SSSR count). The van der Waals surface area contributed by atoms with Gasteiger partial charge in [-0.2, -0.15) is 4.98 Å². The minimum atomic E-state index is -2.08. The van der Waals surface area contributed by atoms with Gasteiger partial charge in [0.2, 0.25) is 0 Å². The van der Waals surface area contributed by atoms with Gasteiger partial charge in [0.1, 0.15) is 35.2 Å². The van der Waals surface area contributed by atoms with Gasteiger partial charge >= 0.3 is 5.69 Å². The zero-order chi connectivity index (χ0) is 32.7. The number of hydrogen-bond acceptors (Lipinski definition) is 9. The smallest absolute Gasteiger partial charge is 0.351 e. The van der Waals surface area contributed by atoms with Crippen molar-refractivity contribution >= 4 is 5.82 Å². The number of methoxy groups -OCH3 is 2. The molecule has 12 nitrogen and oxygen atoms in total. The van der Waals surface area contributed by atoms with Crippen LogP contribution >= 0.6 is 0 Å². The van der Waals surface area contributed by atoms with Crippen LogP contribution in [0.3, 0.4) is 0 Å². The third kappa shape index (κ3) is 6.79. The van der Waals surface area contributed by atoms with Gasteiger partial charge in [0, 0.05) is 36.2 Å². The molecule has 0 radical (unpaired) electrons. The summed E-state index contributed by atoms with van der Waals surface area (Å²) in [4.78, 5) is 19.8. The summed E-state index contributed by atoms with van der Waals surface area (Å²) in [5, 5.41) is 17.7. The third-order valence-electron chi connectivity index (χ3n) is 7.71. The number of aromatic nitrogens is 2. The Labute approximate surface area is 262 Å². The van der Waals surface area contributed by atoms with Crippen molar-refractivity contribution in [2.45, 2.75) is 37.4 Å². The maximum absolute atomic E-state index is 13.0. The second-order valence-corrected chi connectivity index (χ2v) is 10.4. The molecular formula is C33H36N6O6. The molecule has 1 aliphatic rings. The normalized spacial score (nSPS) is 19.8. The summed E-state index contributed by atoms with van der Waals surface area (Å²) in [6.45, 7) is 2.07. The number of benzene rings is 3. The van der Waals surface area contributed by atoms with Crippen molar-refractivity contribution in [3.05, 3.63) is 128 Å². The van der Waals surface area contributed by atoms with Crippen molar-refractivity contribution in [1.82, 2.24) is 9.55 Å². The molecule has 1 fully saturated rings. The predicted octanol–water partition coefficient (Wildman–Crippen LogP) is 4.95. The fourth-order valence-electron chi connectivity index (χ4n) is 5.42. The van der Waals surface area contributed by atoms with Crippen molar-refractivity contribution in [1.29, 1.82) is 0 Å². The molecule has 234 valence electrons. The van der Waals surface area contributed by atoms with Gasteiger partial charge in [0.05, 0.1) is 28.3 Å². The number of nitrogens with zero attached hydrogens (tertiary/aromatic N) is 5. The Hall–Kier alpha value is -4.87. The summed E-state index contributed by atoms with van der Waals surface area (Å²) in [6, 6.07) is 24.7. The molecule has 0 spiro atoms. The summed E-state index contributed by atoms with van der Waals surface area (Å²) in [7, 11) is 3.20. The lowest BCUT2D eigenvalue weighted by molar-refractivity contribution is -0.0944. The highest BCUT2D eigenvalue weighted by atomic mass is 16.6. The molecule has 0 saturated carbocycles. The van der Waals surface area contributed by atoms with Crippen molar-refractivity contribution in [2.75, 3.05) is 39.2 Å². The largest absolute Gasteiger partial charge is 0.497 e. The molecule has 0 aliphatic carbocycles. The van der Waals surface area contributed by atoms with Crippen molar-refractivity contribution in [2.24, 2.45) is 5.11 Å². The van der Waals surface area contributed by atoms with E-state index in [0.717, 1.165) is 16.7 Å². The van der Waals surface area contributed by atoms with Crippen LogP contribution in [0.2, 0.25) is 0 Å². The van der Waals surface area contributed by atoms with Crippen LogP contribution in [-0.4, -0.2) is 60.8 Å². The monoisotopic (exact) mass is 613 g/mol. The Kier molecular flexibility index (Phi) is 9.57. The lowest BCUT2D eigenvalue weighted by Crippen LogP contribution is -2.38. The van der Waals surface area contributed by atoms with Gasteiger partial charge < -0.3 is 29.4 Å². The molecule has 1 aromatic heterocycles. The average molecular weight is 614 g/mol. The number of nitrogens with one attached hydrogen (secondary N) is 1. The van der Waals surface area contributed by atoms with E-state index in [0.29, 0.717) is 29.4 Å². The van der Waals surface area contributed by atoms with Crippen LogP contribution in [0.4, 0.5) is 5.82 Å². The first-order chi connectivity index (χ1) is 22.2. The highest BCUT2D eigenvalue weighted by Gasteiger charge is 2.42. The van der Waals surface area contributed by atoms with E-state index in [9.17, 15) is 9.90 Å². The van der Waals surface area contributed by atoms with E-state index < -0.39 is 29.7 Å². The van der Waals surface area contributed by atoms with E-state index in [-0.39, 0.29) is 19.6 Å². The van der Waals surface area contributed by atoms with Gasteiger partial charge in [0.25, 0.3) is 0 Å². The maximum atomic E-state index is 13.0. The molecule has 2 heterocycles. The molecule has 1 aliphatic heterocycles. The molecular weight excluding hydrogens is 576 g/mol. The van der Waals surface area contributed by atoms with Crippen molar-refractivity contribution < 1.29 is 25.4 Å². The van der Waals surface area contributed by atoms with E-state index >= 15 is 0 Å². The summed E-state index contributed by atoms with van der Waals surface area (Å²) < 4.78 is 33.9. The number of aliphatic hydroxyl groups is 1. The van der Waals surface area contributed by atoms with E-state index in [4.69, 9.17) is 25.8 Å². The van der Waals surface area contributed by atoms with Crippen LogP contribution in [0.5, 0.6) is 11.5 Å². The van der Waals surface area contributed by atoms with Gasteiger partial charge in [-0.1, -0.05) is 59.7 Å². The highest BCUT2D eigenvalue weighted by molar-refractivity contribution is 5.49. The number of aryl methyl sites for hydroxylation is 1. The fraction of sp³-hybridized carbons (Fsp3) is 0.333. The molecule has 0 unspecified atom stereocenters. The molecule has 12 heteroatoms. The highest BCUT2D eigenvalue weighted by Crippen LogP contribution is 2.42. The van der Waals surface area contributed by atoms with E-state index in [2.05, 4.69) is 20.3 Å². The van der Waals surface area contributed by atoms with Crippen molar-refractivity contribution in [3.8, 4) is 11.5 Å². The molecule has 0 bridgehead atoms. The topological polar surface area (TPSA) is 153 Å². The Morgan fingerprint density at radius 2 is 1.67 bits per heavy atom. The standard InChI is InChI=1S/C33H36N6O6/c1-22-20-39(32(41)37-31(22)35-17-18-36-38-34)30-19-28(40)29(45-30)21-44-33(23-7-5-4-6-8-23,24-9-13-26(42-2)14-10-24)25-11-15-27(43-3)16-12-25/h4-16,20,28-30,40H,17-19,21H2,1-3H3,(H,35,37,41)/t28-,29+,30+/m0/s1/i28D. The molecule has 3 atom stereocenters. The van der Waals surface area contributed by atoms with Crippen LogP contribution in [0, 0.1) is 6.92 Å². The van der Waals surface area contributed by atoms with Crippen molar-refractivity contribution in [3.63, 3.8) is 0 Å². The Morgan fingerprint density at radius 1 is 1.07 bits per heavy atom. The molecule has 1 saturated heterocycles. The van der Waals surface area contributed by atoms with Crippen LogP contribution in [-0.2, 0) is 15.1 Å². The van der Waals surface area contributed by atoms with Crippen LogP contribution in [0.1, 0.15) is 36.3 Å². The number of anilines is 1. The summed E-state index contributed by atoms with van der Waals surface area (Å²) >= 11 is 0. The Morgan fingerprint density at radius 3 is 2.24 bits per heavy atom. The SMILES string of the molecule is [2H][C@]1(O)C[C@H](n2cc(C)c(NCCN=[N+]=[N-])nc2=O)O[C@@H]1COC(c1ccccc1)(c1ccc(OC)cc1)c1ccc(OC)cc1. The summed E-state index contributed by atoms with van der Waals surface area (Å²) in [6.07, 6.45) is -2.77. The van der Waals surface area contributed by atoms with E-state index in [1.165, 1.54) is 4.57 Å². The Balaban J connectivity index is 1.48. The summed E-state index contributed by atoms with van der Waals surface area (Å²) in [5.41, 5.74) is 9.69. The molecule has 3 aromatic carbocycles. The fourth-order valence-corrected chi connectivity index (χ4v) is 5.42. The number of azide groups is 1. The predicted molar refractivity (Wildman–Crippen MR) is 169 cm³/mol. The minimum Gasteiger partial charge on any atom is -0.497 e. The lowest BCUT2D eigenvalue weighted by Gasteiger charge is -2.37. The zero-order valence-electron chi connectivity index (χ0n) is 26.3. The lowest BCUT2D eigenvalue weighted by atomic mass is 9.80. The second kappa shape index (κ2) is 14.3. The molecule has 2 N–H and O–H groups in total. The summed E-state index contributed by atoms with van der Waals surface area (Å²) in [5.74, 6) is 1.70. The van der Waals surface area contributed by atoms with Crippen LogP contribution < -0.4 is 20.5 Å². The van der Waals surface area contributed by atoms with E-state index in [1.807, 2.05) is 78.9 Å².